The van der Waals surface area contributed by atoms with Gasteiger partial charge in [-0.25, -0.2) is 23.7 Å². The van der Waals surface area contributed by atoms with Crippen molar-refractivity contribution in [2.45, 2.75) is 297 Å². The van der Waals surface area contributed by atoms with E-state index in [-0.39, 0.29) is 91.9 Å². The van der Waals surface area contributed by atoms with Crippen molar-refractivity contribution in [2.24, 2.45) is 107 Å². The minimum absolute atomic E-state index is 0.000334. The van der Waals surface area contributed by atoms with Crippen molar-refractivity contribution in [3.8, 4) is 23.2 Å². The third-order valence-electron chi connectivity index (χ3n) is 33.4. The van der Waals surface area contributed by atoms with Gasteiger partial charge in [-0.15, -0.1) is 20.4 Å². The summed E-state index contributed by atoms with van der Waals surface area (Å²) in [5.41, 5.74) is -0.358. The summed E-state index contributed by atoms with van der Waals surface area (Å²) in [6.45, 7) is 39.3. The molecule has 9 aliphatic carbocycles. The van der Waals surface area contributed by atoms with E-state index < -0.39 is 81.5 Å². The number of carboxylic acids is 2. The van der Waals surface area contributed by atoms with E-state index >= 15 is 4.39 Å². The van der Waals surface area contributed by atoms with Gasteiger partial charge in [-0.3, -0.25) is 28.8 Å². The Morgan fingerprint density at radius 3 is 1.70 bits per heavy atom. The molecule has 17 atom stereocenters. The predicted molar refractivity (Wildman–Crippen MR) is 430 cm³/mol. The third kappa shape index (κ3) is 14.0. The van der Waals surface area contributed by atoms with Gasteiger partial charge in [0.15, 0.2) is 29.0 Å². The SMILES string of the molecule is CC[C@H](CC[C@@]1(C)[C@H](C)CC[C@]2(C)[C@@H]1CC[C@@H]1C3=C(C(C)C)C(=O)C[C@]3(Cc3nnc(-c4ccc(F)c(CC(C)(CC(=O)O[C@H]5CC[C@]6(C)[C@H]7CC[C@@H]8C9=C(C(C)C)C(=O)C[C@]9(Cc9nnc(-c%10ncc(F)cn%10)n9CCNC)CC[C@@]8(C)[C@]7(C)CC[C@H]6C5(C)C)C(=O)O)n4)n3CCNC)CC[C@]12C)OC(=O)CC(C)(C)C(=O)O. The fraction of sp³-hybridized carbons (Fsp3) is 0.747. The molecule has 9 aliphatic rings. The van der Waals surface area contributed by atoms with Crippen molar-refractivity contribution in [2.75, 3.05) is 27.2 Å². The van der Waals surface area contributed by atoms with Crippen molar-refractivity contribution in [1.82, 2.24) is 55.1 Å². The summed E-state index contributed by atoms with van der Waals surface area (Å²) in [5.74, 6) is 0.0536. The largest absolute Gasteiger partial charge is 0.481 e. The predicted octanol–water partition coefficient (Wildman–Crippen LogP) is 16.6. The molecule has 23 heteroatoms. The lowest BCUT2D eigenvalue weighted by Gasteiger charge is -2.72. The number of esters is 2. The molecule has 4 aromatic heterocycles. The van der Waals surface area contributed by atoms with Gasteiger partial charge in [0.1, 0.15) is 35.4 Å². The van der Waals surface area contributed by atoms with Crippen LogP contribution >= 0.6 is 0 Å². The van der Waals surface area contributed by atoms with Crippen LogP contribution in [0.15, 0.2) is 46.8 Å². The maximum Gasteiger partial charge on any atom is 0.310 e. The van der Waals surface area contributed by atoms with Gasteiger partial charge in [0.05, 0.1) is 41.8 Å². The Balaban J connectivity index is 0.704. The Labute approximate surface area is 674 Å². The lowest BCUT2D eigenvalue weighted by atomic mass is 9.33. The summed E-state index contributed by atoms with van der Waals surface area (Å²) >= 11 is 0. The number of rotatable bonds is 28. The average Bonchev–Trinajstić information content (AvgIpc) is 1.17. The Morgan fingerprint density at radius 2 is 1.17 bits per heavy atom. The molecule has 4 aromatic rings. The number of halogens is 2. The number of hydrogen-bond acceptors (Lipinski definition) is 17. The molecule has 4 heterocycles. The van der Waals surface area contributed by atoms with Gasteiger partial charge in [-0.05, 0) is 247 Å². The second-order valence-corrected chi connectivity index (χ2v) is 40.9. The lowest BCUT2D eigenvalue weighted by molar-refractivity contribution is -0.233. The molecule has 21 nitrogen and oxygen atoms in total. The highest BCUT2D eigenvalue weighted by atomic mass is 19.1. The minimum atomic E-state index is -1.82. The quantitative estimate of drug-likeness (QED) is 0.0384. The number of allylic oxidation sites excluding steroid dienone is 4. The molecule has 13 rings (SSSR count). The molecule has 114 heavy (non-hydrogen) atoms. The van der Waals surface area contributed by atoms with Crippen LogP contribution in [-0.4, -0.2) is 130 Å². The molecular formula is C91H131F2N11O10. The number of likely N-dealkylation sites (N-methyl/N-ethyl adjacent to an activating group) is 2. The van der Waals surface area contributed by atoms with Crippen LogP contribution in [0.5, 0.6) is 0 Å². The van der Waals surface area contributed by atoms with E-state index in [1.54, 1.807) is 19.9 Å². The van der Waals surface area contributed by atoms with Crippen molar-refractivity contribution < 1.29 is 57.2 Å². The number of ether oxygens (including phenoxy) is 2. The summed E-state index contributed by atoms with van der Waals surface area (Å²) in [4.78, 5) is 96.8. The number of nitrogens with one attached hydrogen (secondary N) is 2. The number of carbonyl (C=O) groups excluding carboxylic acids is 4. The van der Waals surface area contributed by atoms with E-state index in [0.29, 0.717) is 118 Å². The Morgan fingerprint density at radius 1 is 0.632 bits per heavy atom. The van der Waals surface area contributed by atoms with E-state index in [0.717, 1.165) is 119 Å². The number of nitrogens with zero attached hydrogens (tertiary/aromatic N) is 9. The highest BCUT2D eigenvalue weighted by Crippen LogP contribution is 2.79. The van der Waals surface area contributed by atoms with Crippen LogP contribution in [0.25, 0.3) is 23.2 Å². The summed E-state index contributed by atoms with van der Waals surface area (Å²) in [7, 11) is 3.77. The fourth-order valence-corrected chi connectivity index (χ4v) is 26.6. The molecule has 0 spiro atoms. The number of aromatic nitrogens is 9. The number of carbonyl (C=O) groups is 6. The number of aliphatic carboxylic acids is 2. The number of Topliss-reactive ketones (excluding diaryl/α,β-unsaturated/α-hetero) is 2. The third-order valence-corrected chi connectivity index (χ3v) is 33.4. The van der Waals surface area contributed by atoms with Crippen LogP contribution in [-0.2, 0) is 70.6 Å². The van der Waals surface area contributed by atoms with Crippen LogP contribution in [0, 0.1) is 119 Å². The first-order valence-electron chi connectivity index (χ1n) is 43.2. The molecule has 624 valence electrons. The zero-order chi connectivity index (χ0) is 82.8. The zero-order valence-electron chi connectivity index (χ0n) is 71.8. The van der Waals surface area contributed by atoms with E-state index in [2.05, 4.69) is 116 Å². The maximum atomic E-state index is 16.6. The van der Waals surface area contributed by atoms with E-state index in [9.17, 15) is 43.4 Å². The number of hydrogen-bond donors (Lipinski definition) is 4. The Kier molecular flexibility index (Phi) is 22.9. The lowest BCUT2D eigenvalue weighted by Crippen LogP contribution is -2.65. The van der Waals surface area contributed by atoms with Crippen LogP contribution < -0.4 is 10.6 Å². The molecule has 0 amide bonds. The smallest absolute Gasteiger partial charge is 0.310 e. The van der Waals surface area contributed by atoms with Gasteiger partial charge in [-0.2, -0.15) is 0 Å². The number of fused-ring (bicyclic) bond motifs is 12. The van der Waals surface area contributed by atoms with Gasteiger partial charge in [0.2, 0.25) is 5.82 Å². The van der Waals surface area contributed by atoms with Crippen molar-refractivity contribution in [1.29, 1.82) is 0 Å². The molecular weight excluding hydrogens is 1450 g/mol. The minimum Gasteiger partial charge on any atom is -0.481 e. The Hall–Kier alpha value is -7.01. The summed E-state index contributed by atoms with van der Waals surface area (Å²) in [6.07, 6.45) is 17.2. The van der Waals surface area contributed by atoms with E-state index in [4.69, 9.17) is 29.8 Å². The zero-order valence-corrected chi connectivity index (χ0v) is 71.8. The van der Waals surface area contributed by atoms with Gasteiger partial charge >= 0.3 is 23.9 Å². The van der Waals surface area contributed by atoms with Crippen molar-refractivity contribution in [3.63, 3.8) is 0 Å². The summed E-state index contributed by atoms with van der Waals surface area (Å²) < 4.78 is 47.4. The topological polar surface area (TPSA) is 285 Å². The molecule has 0 saturated heterocycles. The van der Waals surface area contributed by atoms with Crippen molar-refractivity contribution >= 4 is 35.4 Å². The van der Waals surface area contributed by atoms with Gasteiger partial charge in [-0.1, -0.05) is 108 Å². The van der Waals surface area contributed by atoms with Crippen LogP contribution in [0.2, 0.25) is 0 Å². The monoisotopic (exact) mass is 1580 g/mol. The standard InChI is InChI=1S/C91H131F2N11O10/c1-20-56(113-70(107)48-81(7,8)79(109)110)28-31-84(12)54(6)27-33-88(16)65(84)25-21-57-74-72(52(2)3)62(105)44-90(74,37-35-86(57,88)14)46-68-99-101-77(103(68)41-39-94-18)60-24-23-59(93)61(98-60)43-83(11,80(111)112)49-71(108)114-67-30-32-85(13)64(82(67,9)10)29-34-89(17)66(85)26-22-58-75-73(53(4)5)63(106)45-91(75,38-36-87(58,89)15)47-69-100-102-78(104(69)42-40-95-19)76-96-50-55(92)51-97-76/h23-24,50-54,56-58,64-67,94-95H,20-22,25-49H2,1-19H3,(H,109,110)(H,111,112)/t54-,56-,57-,58-,64+,65-,66-,67+,83?,84+,85+,86-,87-,88-,89-,90+,91+/m1/s1. The molecule has 7 fully saturated rings. The number of pyridine rings is 1. The van der Waals surface area contributed by atoms with E-state index in [1.807, 2.05) is 30.2 Å². The molecule has 7 saturated carbocycles. The number of ketones is 2. The van der Waals surface area contributed by atoms with Gasteiger partial charge < -0.3 is 39.5 Å². The molecule has 0 aliphatic heterocycles. The number of carboxylic acid groups (broad SMARTS) is 2. The molecule has 4 N–H and O–H groups in total. The molecule has 0 bridgehead atoms. The fourth-order valence-electron chi connectivity index (χ4n) is 26.6. The first kappa shape index (κ1) is 84.9. The van der Waals surface area contributed by atoms with Gasteiger partial charge in [0, 0.05) is 74.5 Å². The average molecular weight is 1580 g/mol. The Bertz CT molecular complexity index is 4470. The maximum absolute atomic E-state index is 16.6. The first-order valence-corrected chi connectivity index (χ1v) is 43.2. The highest BCUT2D eigenvalue weighted by Gasteiger charge is 2.72. The second kappa shape index (κ2) is 30.7. The molecule has 0 radical (unpaired) electrons. The van der Waals surface area contributed by atoms with Crippen molar-refractivity contribution in [3.05, 3.63) is 75.8 Å². The second-order valence-electron chi connectivity index (χ2n) is 40.9. The van der Waals surface area contributed by atoms with Crippen LogP contribution in [0.3, 0.4) is 0 Å². The van der Waals surface area contributed by atoms with Crippen LogP contribution in [0.4, 0.5) is 8.78 Å². The molecule has 0 aromatic carbocycles. The highest BCUT2D eigenvalue weighted by molar-refractivity contribution is 6.01. The van der Waals surface area contributed by atoms with E-state index in [1.165, 1.54) is 24.1 Å². The summed E-state index contributed by atoms with van der Waals surface area (Å²) in [6, 6.07) is 2.85. The van der Waals surface area contributed by atoms with Gasteiger partial charge in [0.25, 0.3) is 0 Å². The molecule has 1 unspecified atom stereocenters. The van der Waals surface area contributed by atoms with Crippen LogP contribution in [0.1, 0.15) is 270 Å². The normalized spacial score (nSPS) is 33.9. The first-order chi connectivity index (χ1) is 53.5. The summed E-state index contributed by atoms with van der Waals surface area (Å²) in [5, 5.41) is 46.7.